The van der Waals surface area contributed by atoms with Gasteiger partial charge >= 0.3 is 10.3 Å². The summed E-state index contributed by atoms with van der Waals surface area (Å²) in [7, 11) is -4.36. The molecule has 2 aliphatic heterocycles. The number of aromatic nitrogens is 2. The lowest BCUT2D eigenvalue weighted by molar-refractivity contribution is -0.118. The fraction of sp³-hybridized carbons (Fsp3) is 0.412. The summed E-state index contributed by atoms with van der Waals surface area (Å²) in [6, 6.07) is 2.78. The molecule has 0 bridgehead atoms. The number of benzene rings is 1. The van der Waals surface area contributed by atoms with Gasteiger partial charge in [-0.1, -0.05) is 0 Å². The van der Waals surface area contributed by atoms with Crippen molar-refractivity contribution < 1.29 is 30.9 Å². The minimum Gasteiger partial charge on any atom is -0.491 e. The molecular weight excluding hydrogens is 424 g/mol. The number of hydrogen-bond acceptors (Lipinski definition) is 7. The lowest BCUT2D eigenvalue weighted by atomic mass is 10.1. The first-order chi connectivity index (χ1) is 14.2. The van der Waals surface area contributed by atoms with E-state index in [4.69, 9.17) is 10.5 Å². The van der Waals surface area contributed by atoms with Crippen LogP contribution in [0, 0.1) is 0 Å². The Bertz CT molecular complexity index is 1090. The number of carbonyl (C=O) groups excluding carboxylic acids is 1. The van der Waals surface area contributed by atoms with E-state index in [1.54, 1.807) is 29.7 Å². The van der Waals surface area contributed by atoms with E-state index in [2.05, 4.69) is 14.5 Å². The predicted molar refractivity (Wildman–Crippen MR) is 103 cm³/mol. The van der Waals surface area contributed by atoms with Crippen molar-refractivity contribution in [1.29, 1.82) is 0 Å². The minimum atomic E-state index is -4.36. The Morgan fingerprint density at radius 1 is 1.40 bits per heavy atom. The van der Waals surface area contributed by atoms with E-state index in [0.717, 1.165) is 0 Å². The van der Waals surface area contributed by atoms with Crippen molar-refractivity contribution in [3.05, 3.63) is 24.4 Å². The smallest absolute Gasteiger partial charge is 0.364 e. The van der Waals surface area contributed by atoms with E-state index in [9.17, 15) is 22.0 Å². The number of fused-ring (bicyclic) bond motifs is 3. The quantitative estimate of drug-likeness (QED) is 0.704. The molecule has 2 aromatic rings. The second kappa shape index (κ2) is 7.40. The Morgan fingerprint density at radius 2 is 2.17 bits per heavy atom. The number of imidazole rings is 1. The normalized spacial score (nSPS) is 20.8. The molecule has 13 heteroatoms. The maximum absolute atomic E-state index is 13.3. The number of nitrogens with zero attached hydrogens (tertiary/aromatic N) is 3. The highest BCUT2D eigenvalue weighted by Gasteiger charge is 2.45. The third kappa shape index (κ3) is 3.54. The summed E-state index contributed by atoms with van der Waals surface area (Å²) in [5.74, 6) is 0.138. The van der Waals surface area contributed by atoms with E-state index < -0.39 is 41.3 Å². The van der Waals surface area contributed by atoms with Crippen LogP contribution in [0.25, 0.3) is 11.4 Å². The average molecular weight is 443 g/mol. The molecule has 10 nitrogen and oxygen atoms in total. The molecule has 4 rings (SSSR count). The van der Waals surface area contributed by atoms with E-state index in [-0.39, 0.29) is 12.4 Å². The minimum absolute atomic E-state index is 0.148. The van der Waals surface area contributed by atoms with Crippen LogP contribution in [-0.4, -0.2) is 55.6 Å². The number of anilines is 2. The maximum Gasteiger partial charge on any atom is 0.364 e. The number of ether oxygens (including phenoxy) is 1. The van der Waals surface area contributed by atoms with Gasteiger partial charge < -0.3 is 20.4 Å². The molecule has 1 unspecified atom stereocenters. The Balaban J connectivity index is 1.72. The Hall–Kier alpha value is -2.93. The lowest BCUT2D eigenvalue weighted by Crippen LogP contribution is -2.39. The van der Waals surface area contributed by atoms with E-state index in [1.807, 2.05) is 0 Å². The number of primary amides is 1. The molecule has 0 saturated carbocycles. The number of hydrogen-bond donors (Lipinski definition) is 2. The molecule has 0 aliphatic carbocycles. The molecule has 3 heterocycles. The van der Waals surface area contributed by atoms with Crippen molar-refractivity contribution in [2.24, 2.45) is 5.73 Å². The van der Waals surface area contributed by atoms with Crippen molar-refractivity contribution in [2.45, 2.75) is 32.0 Å². The molecule has 1 amide bonds. The largest absolute Gasteiger partial charge is 0.491 e. The molecule has 0 spiro atoms. The Kier molecular flexibility index (Phi) is 5.02. The van der Waals surface area contributed by atoms with Crippen LogP contribution in [-0.2, 0) is 25.8 Å². The summed E-state index contributed by atoms with van der Waals surface area (Å²) in [6.45, 7) is 1.54. The van der Waals surface area contributed by atoms with Crippen LogP contribution in [0.5, 0.6) is 5.75 Å². The van der Waals surface area contributed by atoms with Crippen molar-refractivity contribution in [1.82, 2.24) is 9.55 Å². The van der Waals surface area contributed by atoms with Crippen LogP contribution in [0.15, 0.2) is 24.4 Å². The fourth-order valence-corrected chi connectivity index (χ4v) is 4.52. The number of amides is 1. The highest BCUT2D eigenvalue weighted by atomic mass is 32.2. The molecule has 1 saturated heterocycles. The van der Waals surface area contributed by atoms with Gasteiger partial charge in [-0.05, 0) is 19.1 Å². The summed E-state index contributed by atoms with van der Waals surface area (Å²) in [4.78, 5) is 15.6. The summed E-state index contributed by atoms with van der Waals surface area (Å²) in [5, 5.41) is 2.95. The number of rotatable bonds is 5. The highest BCUT2D eigenvalue weighted by Crippen LogP contribution is 2.37. The van der Waals surface area contributed by atoms with Crippen LogP contribution in [0.3, 0.4) is 0 Å². The van der Waals surface area contributed by atoms with Crippen LogP contribution >= 0.6 is 0 Å². The summed E-state index contributed by atoms with van der Waals surface area (Å²) >= 11 is 0. The number of halogens is 2. The highest BCUT2D eigenvalue weighted by molar-refractivity contribution is 7.88. The molecular formula is C17H19F2N5O5S. The van der Waals surface area contributed by atoms with Crippen LogP contribution in [0.2, 0.25) is 0 Å². The third-order valence-corrected chi connectivity index (χ3v) is 6.21. The monoisotopic (exact) mass is 443 g/mol. The van der Waals surface area contributed by atoms with Gasteiger partial charge in [0, 0.05) is 18.0 Å². The van der Waals surface area contributed by atoms with Gasteiger partial charge in [0.15, 0.2) is 5.82 Å². The van der Waals surface area contributed by atoms with Crippen molar-refractivity contribution in [3.8, 4) is 17.1 Å². The third-order valence-electron chi connectivity index (χ3n) is 4.83. The summed E-state index contributed by atoms with van der Waals surface area (Å²) in [5.41, 5.74) is 6.40. The van der Waals surface area contributed by atoms with Crippen LogP contribution < -0.4 is 20.1 Å². The summed E-state index contributed by atoms with van der Waals surface area (Å²) in [6.07, 6.45) is -1.54. The van der Waals surface area contributed by atoms with Gasteiger partial charge in [0.25, 0.3) is 6.43 Å². The summed E-state index contributed by atoms with van der Waals surface area (Å²) < 4.78 is 63.5. The second-order valence-corrected chi connectivity index (χ2v) is 8.37. The van der Waals surface area contributed by atoms with E-state index >= 15 is 0 Å². The number of alkyl halides is 2. The standard InChI is InChI=1S/C17H19F2N5O5S/c1-9(16(20)25)21-10-2-3-11-13(6-10)28-5-4-23-7-14(22-17(11)23)24-12(15(18)19)8-29-30(24,26)27/h2-3,6-7,9,12,15,21H,4-5,8H2,1H3,(H2,20,25)/t9-,12?/m0/s1. The Labute approximate surface area is 170 Å². The van der Waals surface area contributed by atoms with Crippen molar-refractivity contribution in [2.75, 3.05) is 22.8 Å². The van der Waals surface area contributed by atoms with Crippen LogP contribution in [0.4, 0.5) is 20.3 Å². The number of carbonyl (C=O) groups is 1. The predicted octanol–water partition coefficient (Wildman–Crippen LogP) is 0.943. The van der Waals surface area contributed by atoms with Gasteiger partial charge in [0.1, 0.15) is 30.3 Å². The van der Waals surface area contributed by atoms with Gasteiger partial charge in [-0.25, -0.2) is 18.1 Å². The topological polar surface area (TPSA) is 129 Å². The molecule has 162 valence electrons. The average Bonchev–Trinajstić information content (AvgIpc) is 3.17. The zero-order valence-electron chi connectivity index (χ0n) is 15.8. The molecule has 1 aromatic heterocycles. The molecule has 1 fully saturated rings. The maximum atomic E-state index is 13.3. The first kappa shape index (κ1) is 20.3. The van der Waals surface area contributed by atoms with E-state index in [1.165, 1.54) is 6.20 Å². The SMILES string of the molecule is C[C@H](Nc1ccc2c(c1)OCCn1cc(N3C(C(F)F)COS3(=O)=O)nc1-2)C(N)=O. The molecule has 0 radical (unpaired) electrons. The van der Waals surface area contributed by atoms with E-state index in [0.29, 0.717) is 33.7 Å². The zero-order chi connectivity index (χ0) is 21.6. The zero-order valence-corrected chi connectivity index (χ0v) is 16.6. The van der Waals surface area contributed by atoms with Gasteiger partial charge in [-0.3, -0.25) is 8.98 Å². The van der Waals surface area contributed by atoms with Gasteiger partial charge in [0.2, 0.25) is 5.91 Å². The molecule has 3 N–H and O–H groups in total. The molecule has 2 atom stereocenters. The fourth-order valence-electron chi connectivity index (χ4n) is 3.29. The lowest BCUT2D eigenvalue weighted by Gasteiger charge is -2.19. The molecule has 30 heavy (non-hydrogen) atoms. The van der Waals surface area contributed by atoms with Gasteiger partial charge in [-0.2, -0.15) is 8.42 Å². The van der Waals surface area contributed by atoms with Gasteiger partial charge in [0.05, 0.1) is 18.7 Å². The second-order valence-electron chi connectivity index (χ2n) is 6.88. The van der Waals surface area contributed by atoms with Crippen LogP contribution in [0.1, 0.15) is 6.92 Å². The van der Waals surface area contributed by atoms with Crippen molar-refractivity contribution in [3.63, 3.8) is 0 Å². The first-order valence-corrected chi connectivity index (χ1v) is 10.4. The van der Waals surface area contributed by atoms with Gasteiger partial charge in [-0.15, -0.1) is 0 Å². The Morgan fingerprint density at radius 3 is 2.87 bits per heavy atom. The molecule has 2 aliphatic rings. The molecule has 1 aromatic carbocycles. The number of nitrogens with two attached hydrogens (primary N) is 1. The first-order valence-electron chi connectivity index (χ1n) is 9.04. The van der Waals surface area contributed by atoms with Crippen molar-refractivity contribution >= 4 is 27.7 Å². The number of nitrogens with one attached hydrogen (secondary N) is 1.